The molecule has 0 fully saturated rings. The predicted molar refractivity (Wildman–Crippen MR) is 49.7 cm³/mol. The summed E-state index contributed by atoms with van der Waals surface area (Å²) >= 11 is 0. The van der Waals surface area contributed by atoms with Gasteiger partial charge in [-0.2, -0.15) is 0 Å². The summed E-state index contributed by atoms with van der Waals surface area (Å²) in [5.41, 5.74) is -0.240. The summed E-state index contributed by atoms with van der Waals surface area (Å²) in [6.45, 7) is 0. The summed E-state index contributed by atoms with van der Waals surface area (Å²) in [6.07, 6.45) is 0.266. The Morgan fingerprint density at radius 1 is 1.47 bits per heavy atom. The van der Waals surface area contributed by atoms with Crippen molar-refractivity contribution in [1.29, 1.82) is 0 Å². The molecule has 0 spiro atoms. The SMILES string of the molecule is COc1cc(C=O)c(S(N)(=O)=O)cc1F. The summed E-state index contributed by atoms with van der Waals surface area (Å²) in [5.74, 6) is -1.11. The van der Waals surface area contributed by atoms with Crippen molar-refractivity contribution in [3.8, 4) is 5.75 Å². The molecule has 0 atom stereocenters. The van der Waals surface area contributed by atoms with Gasteiger partial charge in [-0.25, -0.2) is 17.9 Å². The van der Waals surface area contributed by atoms with E-state index in [2.05, 4.69) is 4.74 Å². The molecule has 0 amide bonds. The third-order valence-corrected chi connectivity index (χ3v) is 2.68. The zero-order valence-corrected chi connectivity index (χ0v) is 8.55. The van der Waals surface area contributed by atoms with E-state index >= 15 is 0 Å². The number of carbonyl (C=O) groups excluding carboxylic acids is 1. The van der Waals surface area contributed by atoms with Crippen LogP contribution in [0.15, 0.2) is 17.0 Å². The maximum atomic E-state index is 13.1. The number of methoxy groups -OCH3 is 1. The summed E-state index contributed by atoms with van der Waals surface area (Å²) < 4.78 is 39.7. The van der Waals surface area contributed by atoms with Gasteiger partial charge in [0.25, 0.3) is 0 Å². The monoisotopic (exact) mass is 233 g/mol. The molecule has 1 aromatic rings. The number of sulfonamides is 1. The van der Waals surface area contributed by atoms with Gasteiger partial charge in [-0.3, -0.25) is 4.79 Å². The van der Waals surface area contributed by atoms with Gasteiger partial charge in [-0.1, -0.05) is 0 Å². The quantitative estimate of drug-likeness (QED) is 0.760. The van der Waals surface area contributed by atoms with Crippen LogP contribution >= 0.6 is 0 Å². The van der Waals surface area contributed by atoms with Gasteiger partial charge in [0.1, 0.15) is 0 Å². The van der Waals surface area contributed by atoms with E-state index in [1.807, 2.05) is 0 Å². The second-order valence-corrected chi connectivity index (χ2v) is 4.22. The van der Waals surface area contributed by atoms with Crippen molar-refractivity contribution in [2.75, 3.05) is 7.11 Å². The Balaban J connectivity index is 3.55. The Hall–Kier alpha value is -1.47. The van der Waals surface area contributed by atoms with Crippen molar-refractivity contribution < 1.29 is 22.3 Å². The van der Waals surface area contributed by atoms with Gasteiger partial charge < -0.3 is 4.74 Å². The lowest BCUT2D eigenvalue weighted by Crippen LogP contribution is -2.15. The van der Waals surface area contributed by atoms with Crippen molar-refractivity contribution in [3.63, 3.8) is 0 Å². The van der Waals surface area contributed by atoms with Crippen molar-refractivity contribution in [3.05, 3.63) is 23.5 Å². The Morgan fingerprint density at radius 3 is 2.47 bits per heavy atom. The van der Waals surface area contributed by atoms with Crippen LogP contribution in [0.25, 0.3) is 0 Å². The highest BCUT2D eigenvalue weighted by Gasteiger charge is 2.17. The molecule has 0 aliphatic heterocycles. The number of rotatable bonds is 3. The van der Waals surface area contributed by atoms with Gasteiger partial charge >= 0.3 is 0 Å². The van der Waals surface area contributed by atoms with E-state index in [4.69, 9.17) is 5.14 Å². The molecule has 7 heteroatoms. The molecule has 0 saturated heterocycles. The predicted octanol–water partition coefficient (Wildman–Crippen LogP) is 0.294. The Labute approximate surface area is 85.7 Å². The van der Waals surface area contributed by atoms with E-state index in [-0.39, 0.29) is 17.6 Å². The molecule has 0 aliphatic rings. The molecule has 0 unspecified atom stereocenters. The third-order valence-electron chi connectivity index (χ3n) is 1.72. The zero-order chi connectivity index (χ0) is 11.6. The summed E-state index contributed by atoms with van der Waals surface area (Å²) in [4.78, 5) is 10.00. The van der Waals surface area contributed by atoms with Crippen LogP contribution in [0, 0.1) is 5.82 Å². The molecule has 5 nitrogen and oxygen atoms in total. The topological polar surface area (TPSA) is 86.5 Å². The molecule has 2 N–H and O–H groups in total. The maximum absolute atomic E-state index is 13.1. The van der Waals surface area contributed by atoms with Crippen LogP contribution in [-0.2, 0) is 10.0 Å². The molecule has 0 saturated carbocycles. The summed E-state index contributed by atoms with van der Waals surface area (Å²) in [6, 6.07) is 1.62. The normalized spacial score (nSPS) is 11.1. The highest BCUT2D eigenvalue weighted by atomic mass is 32.2. The molecule has 1 rings (SSSR count). The first kappa shape index (κ1) is 11.6. The first-order valence-corrected chi connectivity index (χ1v) is 5.30. The first-order valence-electron chi connectivity index (χ1n) is 3.75. The maximum Gasteiger partial charge on any atom is 0.238 e. The fraction of sp³-hybridized carbons (Fsp3) is 0.125. The van der Waals surface area contributed by atoms with Crippen LogP contribution in [-0.4, -0.2) is 21.8 Å². The average Bonchev–Trinajstić information content (AvgIpc) is 2.16. The molecular weight excluding hydrogens is 225 g/mol. The van der Waals surface area contributed by atoms with E-state index in [0.717, 1.165) is 6.07 Å². The minimum Gasteiger partial charge on any atom is -0.494 e. The van der Waals surface area contributed by atoms with Crippen LogP contribution < -0.4 is 9.88 Å². The van der Waals surface area contributed by atoms with Crippen molar-refractivity contribution in [2.24, 2.45) is 5.14 Å². The minimum atomic E-state index is -4.12. The van der Waals surface area contributed by atoms with Crippen molar-refractivity contribution in [2.45, 2.75) is 4.90 Å². The molecule has 0 bridgehead atoms. The molecule has 15 heavy (non-hydrogen) atoms. The lowest BCUT2D eigenvalue weighted by molar-refractivity contribution is 0.112. The summed E-state index contributed by atoms with van der Waals surface area (Å²) in [7, 11) is -2.92. The Morgan fingerprint density at radius 2 is 2.07 bits per heavy atom. The molecule has 0 heterocycles. The second kappa shape index (κ2) is 3.95. The smallest absolute Gasteiger partial charge is 0.238 e. The Kier molecular flexibility index (Phi) is 3.06. The second-order valence-electron chi connectivity index (χ2n) is 2.69. The van der Waals surface area contributed by atoms with E-state index in [1.54, 1.807) is 0 Å². The van der Waals surface area contributed by atoms with Gasteiger partial charge in [0.15, 0.2) is 17.9 Å². The van der Waals surface area contributed by atoms with Crippen molar-refractivity contribution in [1.82, 2.24) is 0 Å². The standard InChI is InChI=1S/C8H8FNO4S/c1-14-7-2-5(4-11)8(3-6(7)9)15(10,12)13/h2-4H,1H3,(H2,10,12,13). The van der Waals surface area contributed by atoms with Gasteiger partial charge in [0, 0.05) is 5.56 Å². The van der Waals surface area contributed by atoms with Crippen molar-refractivity contribution >= 4 is 16.3 Å². The number of hydrogen-bond donors (Lipinski definition) is 1. The number of primary sulfonamides is 1. The number of carbonyl (C=O) groups is 1. The van der Waals surface area contributed by atoms with Gasteiger partial charge in [0.05, 0.1) is 12.0 Å². The average molecular weight is 233 g/mol. The lowest BCUT2D eigenvalue weighted by Gasteiger charge is -2.06. The minimum absolute atomic E-state index is 0.218. The number of halogens is 1. The van der Waals surface area contributed by atoms with Crippen LogP contribution in [0.5, 0.6) is 5.75 Å². The van der Waals surface area contributed by atoms with E-state index in [0.29, 0.717) is 6.07 Å². The Bertz CT molecular complexity index is 498. The van der Waals surface area contributed by atoms with Crippen LogP contribution in [0.1, 0.15) is 10.4 Å². The van der Waals surface area contributed by atoms with E-state index in [1.165, 1.54) is 7.11 Å². The van der Waals surface area contributed by atoms with Gasteiger partial charge in [0.2, 0.25) is 10.0 Å². The molecule has 0 aromatic heterocycles. The van der Waals surface area contributed by atoms with Crippen LogP contribution in [0.4, 0.5) is 4.39 Å². The number of hydrogen-bond acceptors (Lipinski definition) is 4. The number of benzene rings is 1. The third kappa shape index (κ3) is 2.31. The fourth-order valence-electron chi connectivity index (χ4n) is 1.05. The van der Waals surface area contributed by atoms with E-state index in [9.17, 15) is 17.6 Å². The van der Waals surface area contributed by atoms with Crippen LogP contribution in [0.2, 0.25) is 0 Å². The number of ether oxygens (including phenoxy) is 1. The number of aldehydes is 1. The highest BCUT2D eigenvalue weighted by Crippen LogP contribution is 2.23. The highest BCUT2D eigenvalue weighted by molar-refractivity contribution is 7.89. The van der Waals surface area contributed by atoms with Gasteiger partial charge in [-0.05, 0) is 12.1 Å². The molecular formula is C8H8FNO4S. The first-order chi connectivity index (χ1) is 6.90. The fourth-order valence-corrected chi connectivity index (χ4v) is 1.75. The molecule has 0 aliphatic carbocycles. The zero-order valence-electron chi connectivity index (χ0n) is 7.73. The molecule has 0 radical (unpaired) electrons. The van der Waals surface area contributed by atoms with Crippen LogP contribution in [0.3, 0.4) is 0 Å². The van der Waals surface area contributed by atoms with E-state index < -0.39 is 20.7 Å². The lowest BCUT2D eigenvalue weighted by atomic mass is 10.2. The summed E-state index contributed by atoms with van der Waals surface area (Å²) in [5, 5.41) is 4.80. The molecule has 1 aromatic carbocycles. The molecule has 82 valence electrons. The van der Waals surface area contributed by atoms with Gasteiger partial charge in [-0.15, -0.1) is 0 Å². The largest absolute Gasteiger partial charge is 0.494 e. The number of nitrogens with two attached hydrogens (primary N) is 1.